The Hall–Kier alpha value is -2.17. The topological polar surface area (TPSA) is 55.1 Å². The van der Waals surface area contributed by atoms with E-state index in [4.69, 9.17) is 5.11 Å². The van der Waals surface area contributed by atoms with Gasteiger partial charge in [-0.3, -0.25) is 4.68 Å². The fourth-order valence-electron chi connectivity index (χ4n) is 1.81. The van der Waals surface area contributed by atoms with Gasteiger partial charge < -0.3 is 5.11 Å². The smallest absolute Gasteiger partial charge is 0.335 e. The van der Waals surface area contributed by atoms with E-state index in [1.54, 1.807) is 17.8 Å². The number of aromatic nitrogens is 2. The van der Waals surface area contributed by atoms with Crippen LogP contribution in [0.15, 0.2) is 24.4 Å². The average molecular weight is 248 g/mol. The molecular weight excluding hydrogens is 235 g/mol. The van der Waals surface area contributed by atoms with Crippen molar-refractivity contribution >= 4 is 5.97 Å². The summed E-state index contributed by atoms with van der Waals surface area (Å²) in [5.74, 6) is -1.52. The maximum Gasteiger partial charge on any atom is 0.335 e. The third-order valence-corrected chi connectivity index (χ3v) is 2.77. The molecule has 94 valence electrons. The maximum absolute atomic E-state index is 13.8. The molecule has 1 aromatic heterocycles. The number of carboxylic acid groups (broad SMARTS) is 1. The highest BCUT2D eigenvalue weighted by molar-refractivity contribution is 5.89. The Morgan fingerprint density at radius 1 is 1.44 bits per heavy atom. The molecule has 0 bridgehead atoms. The van der Waals surface area contributed by atoms with E-state index in [2.05, 4.69) is 5.10 Å². The molecule has 0 unspecified atom stereocenters. The van der Waals surface area contributed by atoms with Gasteiger partial charge in [-0.1, -0.05) is 0 Å². The number of hydrogen-bond donors (Lipinski definition) is 1. The van der Waals surface area contributed by atoms with Crippen LogP contribution in [-0.4, -0.2) is 20.9 Å². The first-order valence-corrected chi connectivity index (χ1v) is 5.60. The highest BCUT2D eigenvalue weighted by Gasteiger charge is 2.14. The van der Waals surface area contributed by atoms with Crippen molar-refractivity contribution in [3.63, 3.8) is 0 Å². The molecule has 0 aliphatic heterocycles. The van der Waals surface area contributed by atoms with E-state index in [1.165, 1.54) is 18.2 Å². The average Bonchev–Trinajstić information content (AvgIpc) is 2.71. The summed E-state index contributed by atoms with van der Waals surface area (Å²) >= 11 is 0. The number of carboxylic acids is 1. The van der Waals surface area contributed by atoms with Crippen LogP contribution in [0.1, 0.15) is 23.0 Å². The monoisotopic (exact) mass is 248 g/mol. The lowest BCUT2D eigenvalue weighted by Crippen LogP contribution is -1.97. The Balaban J connectivity index is 2.58. The molecule has 0 aliphatic rings. The molecule has 18 heavy (non-hydrogen) atoms. The fourth-order valence-corrected chi connectivity index (χ4v) is 1.81. The Morgan fingerprint density at radius 2 is 2.17 bits per heavy atom. The van der Waals surface area contributed by atoms with Crippen LogP contribution in [0.5, 0.6) is 0 Å². The molecule has 1 aromatic carbocycles. The Morgan fingerprint density at radius 3 is 2.72 bits per heavy atom. The molecule has 0 fully saturated rings. The summed E-state index contributed by atoms with van der Waals surface area (Å²) in [6.07, 6.45) is 1.72. The van der Waals surface area contributed by atoms with Gasteiger partial charge in [0.1, 0.15) is 5.82 Å². The zero-order chi connectivity index (χ0) is 13.3. The predicted molar refractivity (Wildman–Crippen MR) is 65.0 cm³/mol. The number of nitrogens with zero attached hydrogens (tertiary/aromatic N) is 2. The van der Waals surface area contributed by atoms with Crippen LogP contribution in [0.2, 0.25) is 0 Å². The van der Waals surface area contributed by atoms with Gasteiger partial charge in [-0.25, -0.2) is 9.18 Å². The molecule has 0 amide bonds. The van der Waals surface area contributed by atoms with Crippen LogP contribution in [-0.2, 0) is 6.54 Å². The van der Waals surface area contributed by atoms with E-state index in [0.29, 0.717) is 17.8 Å². The first kappa shape index (κ1) is 12.3. The van der Waals surface area contributed by atoms with Crippen molar-refractivity contribution < 1.29 is 14.3 Å². The second-order valence-corrected chi connectivity index (χ2v) is 3.98. The first-order chi connectivity index (χ1) is 8.52. The fraction of sp³-hybridized carbons (Fsp3) is 0.231. The van der Waals surface area contributed by atoms with Gasteiger partial charge in [0, 0.05) is 23.9 Å². The van der Waals surface area contributed by atoms with Crippen molar-refractivity contribution in [2.75, 3.05) is 0 Å². The summed E-state index contributed by atoms with van der Waals surface area (Å²) in [5.41, 5.74) is 1.64. The lowest BCUT2D eigenvalue weighted by atomic mass is 10.0. The highest BCUT2D eigenvalue weighted by atomic mass is 19.1. The lowest BCUT2D eigenvalue weighted by molar-refractivity contribution is 0.0697. The molecule has 2 rings (SSSR count). The van der Waals surface area contributed by atoms with Crippen LogP contribution in [0.25, 0.3) is 11.1 Å². The minimum absolute atomic E-state index is 0.0649. The Bertz CT molecular complexity index is 605. The van der Waals surface area contributed by atoms with Crippen molar-refractivity contribution in [1.29, 1.82) is 0 Å². The summed E-state index contributed by atoms with van der Waals surface area (Å²) < 4.78 is 15.5. The van der Waals surface area contributed by atoms with Gasteiger partial charge in [0.15, 0.2) is 0 Å². The molecule has 0 spiro atoms. The molecule has 0 saturated heterocycles. The van der Waals surface area contributed by atoms with Crippen molar-refractivity contribution in [2.45, 2.75) is 20.4 Å². The summed E-state index contributed by atoms with van der Waals surface area (Å²) in [5, 5.41) is 13.1. The first-order valence-electron chi connectivity index (χ1n) is 5.60. The number of carbonyl (C=O) groups is 1. The molecule has 1 heterocycles. The number of halogens is 1. The molecule has 2 aromatic rings. The van der Waals surface area contributed by atoms with Crippen LogP contribution >= 0.6 is 0 Å². The Labute approximate surface area is 104 Å². The van der Waals surface area contributed by atoms with Crippen molar-refractivity contribution in [1.82, 2.24) is 9.78 Å². The quantitative estimate of drug-likeness (QED) is 0.908. The number of rotatable bonds is 3. The second kappa shape index (κ2) is 4.60. The van der Waals surface area contributed by atoms with E-state index in [1.807, 2.05) is 6.92 Å². The van der Waals surface area contributed by atoms with Crippen LogP contribution < -0.4 is 0 Å². The van der Waals surface area contributed by atoms with E-state index in [9.17, 15) is 9.18 Å². The maximum atomic E-state index is 13.8. The van der Waals surface area contributed by atoms with Crippen molar-refractivity contribution in [2.24, 2.45) is 0 Å². The molecule has 0 saturated carbocycles. The number of aryl methyl sites for hydroxylation is 2. The van der Waals surface area contributed by atoms with E-state index in [-0.39, 0.29) is 11.1 Å². The summed E-state index contributed by atoms with van der Waals surface area (Å²) in [6.45, 7) is 4.38. The Kier molecular flexibility index (Phi) is 3.14. The molecule has 0 aliphatic carbocycles. The number of hydrogen-bond acceptors (Lipinski definition) is 2. The minimum Gasteiger partial charge on any atom is -0.478 e. The molecule has 5 heteroatoms. The van der Waals surface area contributed by atoms with Crippen molar-refractivity contribution in [3.05, 3.63) is 41.5 Å². The number of aromatic carboxylic acids is 1. The van der Waals surface area contributed by atoms with Gasteiger partial charge in [0.25, 0.3) is 0 Å². The van der Waals surface area contributed by atoms with Gasteiger partial charge in [-0.2, -0.15) is 5.10 Å². The van der Waals surface area contributed by atoms with Gasteiger partial charge in [-0.15, -0.1) is 0 Å². The molecular formula is C13H13FN2O2. The van der Waals surface area contributed by atoms with E-state index in [0.717, 1.165) is 0 Å². The van der Waals surface area contributed by atoms with Crippen LogP contribution in [0.4, 0.5) is 4.39 Å². The minimum atomic E-state index is -1.07. The van der Waals surface area contributed by atoms with Crippen molar-refractivity contribution in [3.8, 4) is 11.1 Å². The standard InChI is InChI=1S/C13H13FN2O2/c1-3-16-7-11(8(2)15-16)10-6-9(13(17)18)4-5-12(10)14/h4-7H,3H2,1-2H3,(H,17,18). The largest absolute Gasteiger partial charge is 0.478 e. The van der Waals surface area contributed by atoms with Gasteiger partial charge in [0.05, 0.1) is 11.3 Å². The SMILES string of the molecule is CCn1cc(-c2cc(C(=O)O)ccc2F)c(C)n1. The second-order valence-electron chi connectivity index (χ2n) is 3.98. The molecule has 0 radical (unpaired) electrons. The van der Waals surface area contributed by atoms with Crippen LogP contribution in [0.3, 0.4) is 0 Å². The summed E-state index contributed by atoms with van der Waals surface area (Å²) in [6, 6.07) is 3.75. The highest BCUT2D eigenvalue weighted by Crippen LogP contribution is 2.26. The van der Waals surface area contributed by atoms with Crippen LogP contribution in [0, 0.1) is 12.7 Å². The lowest BCUT2D eigenvalue weighted by Gasteiger charge is -2.03. The zero-order valence-electron chi connectivity index (χ0n) is 10.1. The normalized spacial score (nSPS) is 10.6. The van der Waals surface area contributed by atoms with E-state index >= 15 is 0 Å². The van der Waals surface area contributed by atoms with Gasteiger partial charge in [-0.05, 0) is 32.0 Å². The molecule has 1 N–H and O–H groups in total. The van der Waals surface area contributed by atoms with Gasteiger partial charge in [0.2, 0.25) is 0 Å². The summed E-state index contributed by atoms with van der Waals surface area (Å²) in [7, 11) is 0. The van der Waals surface area contributed by atoms with Gasteiger partial charge >= 0.3 is 5.97 Å². The van der Waals surface area contributed by atoms with E-state index < -0.39 is 11.8 Å². The zero-order valence-corrected chi connectivity index (χ0v) is 10.1. The number of benzene rings is 1. The third kappa shape index (κ3) is 2.11. The molecule has 4 nitrogen and oxygen atoms in total. The predicted octanol–water partition coefficient (Wildman–Crippen LogP) is 2.72. The third-order valence-electron chi connectivity index (χ3n) is 2.77. The summed E-state index contributed by atoms with van der Waals surface area (Å²) in [4.78, 5) is 10.9. The molecule has 0 atom stereocenters.